The minimum atomic E-state index is -0.277. The van der Waals surface area contributed by atoms with Crippen molar-refractivity contribution in [1.29, 1.82) is 0 Å². The van der Waals surface area contributed by atoms with E-state index in [1.807, 2.05) is 14.1 Å². The van der Waals surface area contributed by atoms with Crippen molar-refractivity contribution in [2.24, 2.45) is 5.73 Å². The summed E-state index contributed by atoms with van der Waals surface area (Å²) in [5.74, 6) is 0. The summed E-state index contributed by atoms with van der Waals surface area (Å²) in [6.45, 7) is 2.05. The summed E-state index contributed by atoms with van der Waals surface area (Å²) in [6, 6.07) is 8.60. The van der Waals surface area contributed by atoms with E-state index in [0.717, 1.165) is 6.42 Å². The molecule has 0 radical (unpaired) electrons. The molecule has 2 N–H and O–H groups in total. The molecule has 1 atom stereocenters. The van der Waals surface area contributed by atoms with Gasteiger partial charge < -0.3 is 5.73 Å². The standard InChI is InChI=1S/C12H20N2S/c1-12(13,14(2)3)9-10-5-7-11(15-4)8-6-10/h5-8H,9,13H2,1-4H3. The zero-order valence-corrected chi connectivity index (χ0v) is 10.8. The second-order valence-corrected chi connectivity index (χ2v) is 5.16. The molecule has 0 saturated carbocycles. The fourth-order valence-corrected chi connectivity index (χ4v) is 1.72. The molecule has 2 nitrogen and oxygen atoms in total. The quantitative estimate of drug-likeness (QED) is 0.628. The van der Waals surface area contributed by atoms with E-state index in [1.165, 1.54) is 10.5 Å². The molecular weight excluding hydrogens is 204 g/mol. The molecule has 15 heavy (non-hydrogen) atoms. The largest absolute Gasteiger partial charge is 0.313 e. The lowest BCUT2D eigenvalue weighted by molar-refractivity contribution is 0.180. The molecule has 1 aromatic carbocycles. The molecule has 3 heteroatoms. The lowest BCUT2D eigenvalue weighted by Crippen LogP contribution is -2.51. The van der Waals surface area contributed by atoms with Crippen LogP contribution in [0.1, 0.15) is 12.5 Å². The van der Waals surface area contributed by atoms with Crippen LogP contribution >= 0.6 is 11.8 Å². The van der Waals surface area contributed by atoms with E-state index in [1.54, 1.807) is 11.8 Å². The average molecular weight is 224 g/mol. The number of hydrogen-bond acceptors (Lipinski definition) is 3. The Morgan fingerprint density at radius 3 is 2.20 bits per heavy atom. The molecule has 1 rings (SSSR count). The number of thioether (sulfide) groups is 1. The van der Waals surface area contributed by atoms with Crippen molar-refractivity contribution in [2.45, 2.75) is 23.9 Å². The maximum Gasteiger partial charge on any atom is 0.0694 e. The van der Waals surface area contributed by atoms with E-state index < -0.39 is 0 Å². The molecule has 0 aliphatic rings. The van der Waals surface area contributed by atoms with Crippen molar-refractivity contribution in [3.63, 3.8) is 0 Å². The first kappa shape index (κ1) is 12.6. The van der Waals surface area contributed by atoms with Gasteiger partial charge in [-0.25, -0.2) is 0 Å². The van der Waals surface area contributed by atoms with Gasteiger partial charge in [0.25, 0.3) is 0 Å². The van der Waals surface area contributed by atoms with Crippen LogP contribution in [0.4, 0.5) is 0 Å². The Kier molecular flexibility index (Phi) is 4.20. The number of hydrogen-bond donors (Lipinski definition) is 1. The Morgan fingerprint density at radius 1 is 1.27 bits per heavy atom. The van der Waals surface area contributed by atoms with Crippen molar-refractivity contribution in [2.75, 3.05) is 20.4 Å². The van der Waals surface area contributed by atoms with Crippen molar-refractivity contribution in [1.82, 2.24) is 4.90 Å². The molecule has 0 heterocycles. The summed E-state index contributed by atoms with van der Waals surface area (Å²) < 4.78 is 0. The zero-order chi connectivity index (χ0) is 11.5. The van der Waals surface area contributed by atoms with Crippen LogP contribution in [0.2, 0.25) is 0 Å². The molecule has 1 unspecified atom stereocenters. The van der Waals surface area contributed by atoms with Gasteiger partial charge in [0.2, 0.25) is 0 Å². The van der Waals surface area contributed by atoms with Crippen molar-refractivity contribution in [3.05, 3.63) is 29.8 Å². The normalized spacial score (nSPS) is 15.3. The van der Waals surface area contributed by atoms with Gasteiger partial charge in [-0.1, -0.05) is 12.1 Å². The van der Waals surface area contributed by atoms with Crippen LogP contribution < -0.4 is 5.73 Å². The predicted molar refractivity (Wildman–Crippen MR) is 68.2 cm³/mol. The zero-order valence-electron chi connectivity index (χ0n) is 9.95. The number of nitrogens with zero attached hydrogens (tertiary/aromatic N) is 1. The first-order chi connectivity index (χ1) is 6.95. The Bertz CT molecular complexity index is 304. The minimum absolute atomic E-state index is 0.277. The van der Waals surface area contributed by atoms with Crippen LogP contribution in [0.15, 0.2) is 29.2 Å². The van der Waals surface area contributed by atoms with E-state index in [-0.39, 0.29) is 5.66 Å². The minimum Gasteiger partial charge on any atom is -0.313 e. The summed E-state index contributed by atoms with van der Waals surface area (Å²) in [7, 11) is 4.02. The van der Waals surface area contributed by atoms with Gasteiger partial charge in [0.15, 0.2) is 0 Å². The molecule has 0 bridgehead atoms. The molecule has 1 aromatic rings. The van der Waals surface area contributed by atoms with Crippen LogP contribution in [0, 0.1) is 0 Å². The van der Waals surface area contributed by atoms with Gasteiger partial charge >= 0.3 is 0 Å². The smallest absolute Gasteiger partial charge is 0.0694 e. The van der Waals surface area contributed by atoms with Crippen LogP contribution in [0.25, 0.3) is 0 Å². The van der Waals surface area contributed by atoms with E-state index in [9.17, 15) is 0 Å². The summed E-state index contributed by atoms with van der Waals surface area (Å²) >= 11 is 1.76. The highest BCUT2D eigenvalue weighted by atomic mass is 32.2. The molecule has 0 fully saturated rings. The molecule has 0 aromatic heterocycles. The van der Waals surface area contributed by atoms with Gasteiger partial charge in [-0.3, -0.25) is 4.90 Å². The first-order valence-electron chi connectivity index (χ1n) is 5.05. The summed E-state index contributed by atoms with van der Waals surface area (Å²) in [6.07, 6.45) is 2.95. The third kappa shape index (κ3) is 3.52. The lowest BCUT2D eigenvalue weighted by atomic mass is 10.0. The monoisotopic (exact) mass is 224 g/mol. The van der Waals surface area contributed by atoms with Crippen LogP contribution in [0.5, 0.6) is 0 Å². The van der Waals surface area contributed by atoms with Crippen molar-refractivity contribution in [3.8, 4) is 0 Å². The second kappa shape index (κ2) is 5.01. The second-order valence-electron chi connectivity index (χ2n) is 4.28. The third-order valence-electron chi connectivity index (χ3n) is 2.74. The molecule has 0 amide bonds. The number of rotatable bonds is 4. The molecular formula is C12H20N2S. The van der Waals surface area contributed by atoms with E-state index in [4.69, 9.17) is 5.73 Å². The van der Waals surface area contributed by atoms with Gasteiger partial charge in [-0.05, 0) is 45.0 Å². The molecule has 0 saturated heterocycles. The Morgan fingerprint density at radius 2 is 1.80 bits per heavy atom. The van der Waals surface area contributed by atoms with Crippen molar-refractivity contribution < 1.29 is 0 Å². The van der Waals surface area contributed by atoms with Gasteiger partial charge in [-0.15, -0.1) is 11.8 Å². The predicted octanol–water partition coefficient (Wildman–Crippen LogP) is 2.19. The van der Waals surface area contributed by atoms with E-state index in [0.29, 0.717) is 0 Å². The SMILES string of the molecule is CSc1ccc(CC(C)(N)N(C)C)cc1. The number of benzene rings is 1. The Labute approximate surface area is 96.8 Å². The lowest BCUT2D eigenvalue weighted by Gasteiger charge is -2.32. The Hall–Kier alpha value is -0.510. The maximum atomic E-state index is 6.18. The summed E-state index contributed by atoms with van der Waals surface area (Å²) in [5.41, 5.74) is 7.19. The summed E-state index contributed by atoms with van der Waals surface area (Å²) in [5, 5.41) is 0. The molecule has 0 spiro atoms. The third-order valence-corrected chi connectivity index (χ3v) is 3.49. The highest BCUT2D eigenvalue weighted by molar-refractivity contribution is 7.98. The van der Waals surface area contributed by atoms with E-state index in [2.05, 4.69) is 42.3 Å². The van der Waals surface area contributed by atoms with Crippen LogP contribution in [0.3, 0.4) is 0 Å². The molecule has 0 aliphatic heterocycles. The van der Waals surface area contributed by atoms with Crippen LogP contribution in [-0.2, 0) is 6.42 Å². The fraction of sp³-hybridized carbons (Fsp3) is 0.500. The van der Waals surface area contributed by atoms with Gasteiger partial charge in [0, 0.05) is 11.3 Å². The topological polar surface area (TPSA) is 29.3 Å². The molecule has 0 aliphatic carbocycles. The number of likely N-dealkylation sites (N-methyl/N-ethyl adjacent to an activating group) is 1. The first-order valence-corrected chi connectivity index (χ1v) is 6.27. The van der Waals surface area contributed by atoms with Gasteiger partial charge in [0.1, 0.15) is 0 Å². The van der Waals surface area contributed by atoms with Crippen LogP contribution in [-0.4, -0.2) is 30.9 Å². The van der Waals surface area contributed by atoms with Gasteiger partial charge in [-0.2, -0.15) is 0 Å². The van der Waals surface area contributed by atoms with Gasteiger partial charge in [0.05, 0.1) is 5.66 Å². The fourth-order valence-electron chi connectivity index (χ4n) is 1.31. The summed E-state index contributed by atoms with van der Waals surface area (Å²) in [4.78, 5) is 3.34. The highest BCUT2D eigenvalue weighted by Gasteiger charge is 2.21. The average Bonchev–Trinajstić information content (AvgIpc) is 2.18. The number of nitrogens with two attached hydrogens (primary N) is 1. The Balaban J connectivity index is 2.73. The maximum absolute atomic E-state index is 6.18. The highest BCUT2D eigenvalue weighted by Crippen LogP contribution is 2.18. The molecule has 84 valence electrons. The van der Waals surface area contributed by atoms with E-state index >= 15 is 0 Å². The van der Waals surface area contributed by atoms with Crippen molar-refractivity contribution >= 4 is 11.8 Å².